The zero-order chi connectivity index (χ0) is 23.4. The van der Waals surface area contributed by atoms with E-state index in [9.17, 15) is 19.2 Å². The number of nitrogens with zero attached hydrogens (tertiary/aromatic N) is 3. The van der Waals surface area contributed by atoms with Gasteiger partial charge in [-0.1, -0.05) is 12.8 Å². The van der Waals surface area contributed by atoms with E-state index in [0.29, 0.717) is 31.7 Å². The SMILES string of the molecule is CN(CC(=O)Nc1ccc(N2CCOCC2)cc1)C(=O)CCN1C(=O)NC2(CCCC2)C1=O. The van der Waals surface area contributed by atoms with Gasteiger partial charge in [-0.15, -0.1) is 0 Å². The molecule has 10 heteroatoms. The van der Waals surface area contributed by atoms with Gasteiger partial charge in [0.2, 0.25) is 11.8 Å². The van der Waals surface area contributed by atoms with Crippen LogP contribution in [0, 0.1) is 0 Å². The third-order valence-corrected chi connectivity index (χ3v) is 6.59. The van der Waals surface area contributed by atoms with Gasteiger partial charge in [0.15, 0.2) is 0 Å². The third-order valence-electron chi connectivity index (χ3n) is 6.59. The van der Waals surface area contributed by atoms with Gasteiger partial charge in [0, 0.05) is 44.5 Å². The summed E-state index contributed by atoms with van der Waals surface area (Å²) in [5, 5.41) is 5.60. The Kier molecular flexibility index (Phi) is 6.83. The molecule has 0 radical (unpaired) electrons. The number of hydrogen-bond donors (Lipinski definition) is 2. The van der Waals surface area contributed by atoms with E-state index < -0.39 is 11.6 Å². The first-order chi connectivity index (χ1) is 15.9. The Morgan fingerprint density at radius 2 is 1.79 bits per heavy atom. The number of amides is 5. The Balaban J connectivity index is 1.23. The normalized spacial score (nSPS) is 19.7. The number of likely N-dealkylation sites (N-methyl/N-ethyl adjacent to an activating group) is 1. The minimum atomic E-state index is -0.775. The van der Waals surface area contributed by atoms with Crippen molar-refractivity contribution in [1.29, 1.82) is 0 Å². The molecule has 2 N–H and O–H groups in total. The van der Waals surface area contributed by atoms with E-state index in [0.717, 1.165) is 36.5 Å². The fraction of sp³-hybridized carbons (Fsp3) is 0.565. The maximum Gasteiger partial charge on any atom is 0.325 e. The molecule has 1 spiro atoms. The van der Waals surface area contributed by atoms with Crippen molar-refractivity contribution < 1.29 is 23.9 Å². The molecule has 2 aliphatic heterocycles. The standard InChI is InChI=1S/C23H31N5O5/c1-26(20(30)8-11-28-21(31)23(25-22(28)32)9-2-3-10-23)16-19(29)24-17-4-6-18(7-5-17)27-12-14-33-15-13-27/h4-7H,2-3,8-16H2,1H3,(H,24,29)(H,25,32). The molecule has 2 saturated heterocycles. The molecule has 1 saturated carbocycles. The summed E-state index contributed by atoms with van der Waals surface area (Å²) in [6.45, 7) is 2.98. The summed E-state index contributed by atoms with van der Waals surface area (Å²) in [6, 6.07) is 7.13. The zero-order valence-electron chi connectivity index (χ0n) is 19.0. The molecule has 1 aromatic carbocycles. The van der Waals surface area contributed by atoms with Crippen LogP contribution in [-0.4, -0.2) is 85.5 Å². The molecule has 0 atom stereocenters. The predicted octanol–water partition coefficient (Wildman–Crippen LogP) is 1.17. The number of rotatable bonds is 7. The molecule has 2 heterocycles. The predicted molar refractivity (Wildman–Crippen MR) is 122 cm³/mol. The minimum Gasteiger partial charge on any atom is -0.378 e. The fourth-order valence-electron chi connectivity index (χ4n) is 4.68. The van der Waals surface area contributed by atoms with Crippen LogP contribution >= 0.6 is 0 Å². The van der Waals surface area contributed by atoms with Crippen LogP contribution < -0.4 is 15.5 Å². The van der Waals surface area contributed by atoms with Crippen molar-refractivity contribution >= 4 is 35.1 Å². The van der Waals surface area contributed by atoms with Crippen LogP contribution in [0.2, 0.25) is 0 Å². The molecule has 178 valence electrons. The van der Waals surface area contributed by atoms with Crippen molar-refractivity contribution in [3.8, 4) is 0 Å². The molecule has 3 fully saturated rings. The second kappa shape index (κ2) is 9.78. The lowest BCUT2D eigenvalue weighted by atomic mass is 9.98. The number of carbonyl (C=O) groups is 4. The summed E-state index contributed by atoms with van der Waals surface area (Å²) in [5.41, 5.74) is 0.950. The lowest BCUT2D eigenvalue weighted by molar-refractivity contribution is -0.135. The average molecular weight is 458 g/mol. The van der Waals surface area contributed by atoms with E-state index in [-0.39, 0.29) is 37.2 Å². The van der Waals surface area contributed by atoms with Crippen LogP contribution in [-0.2, 0) is 19.1 Å². The molecule has 10 nitrogen and oxygen atoms in total. The van der Waals surface area contributed by atoms with E-state index in [1.807, 2.05) is 24.3 Å². The van der Waals surface area contributed by atoms with Crippen LogP contribution in [0.5, 0.6) is 0 Å². The van der Waals surface area contributed by atoms with Crippen molar-refractivity contribution in [2.24, 2.45) is 0 Å². The van der Waals surface area contributed by atoms with Crippen molar-refractivity contribution in [1.82, 2.24) is 15.1 Å². The molecule has 1 aromatic rings. The largest absolute Gasteiger partial charge is 0.378 e. The maximum absolute atomic E-state index is 12.7. The number of carbonyl (C=O) groups excluding carboxylic acids is 4. The molecule has 3 aliphatic rings. The Morgan fingerprint density at radius 1 is 1.12 bits per heavy atom. The highest BCUT2D eigenvalue weighted by Crippen LogP contribution is 2.35. The second-order valence-electron chi connectivity index (χ2n) is 8.87. The molecule has 0 unspecified atom stereocenters. The van der Waals surface area contributed by atoms with Crippen molar-refractivity contribution in [3.05, 3.63) is 24.3 Å². The Hall–Kier alpha value is -3.14. The second-order valence-corrected chi connectivity index (χ2v) is 8.87. The van der Waals surface area contributed by atoms with Crippen molar-refractivity contribution in [2.45, 2.75) is 37.6 Å². The highest BCUT2D eigenvalue weighted by atomic mass is 16.5. The Morgan fingerprint density at radius 3 is 2.45 bits per heavy atom. The topological polar surface area (TPSA) is 111 Å². The number of hydrogen-bond acceptors (Lipinski definition) is 6. The molecule has 5 amide bonds. The highest BCUT2D eigenvalue weighted by Gasteiger charge is 2.52. The summed E-state index contributed by atoms with van der Waals surface area (Å²) in [5.74, 6) is -0.857. The lowest BCUT2D eigenvalue weighted by Gasteiger charge is -2.28. The molecule has 0 aromatic heterocycles. The zero-order valence-corrected chi connectivity index (χ0v) is 19.0. The van der Waals surface area contributed by atoms with Crippen molar-refractivity contribution in [2.75, 3.05) is 56.7 Å². The summed E-state index contributed by atoms with van der Waals surface area (Å²) >= 11 is 0. The number of urea groups is 1. The number of morpholine rings is 1. The monoisotopic (exact) mass is 457 g/mol. The van der Waals surface area contributed by atoms with Gasteiger partial charge < -0.3 is 25.2 Å². The third kappa shape index (κ3) is 5.11. The summed E-state index contributed by atoms with van der Waals surface area (Å²) in [4.78, 5) is 54.4. The van der Waals surface area contributed by atoms with E-state index >= 15 is 0 Å². The van der Waals surface area contributed by atoms with Crippen LogP contribution in [0.4, 0.5) is 16.2 Å². The Labute approximate surface area is 193 Å². The van der Waals surface area contributed by atoms with Gasteiger partial charge in [0.05, 0.1) is 19.8 Å². The number of imide groups is 1. The molecule has 0 bridgehead atoms. The Bertz CT molecular complexity index is 906. The number of ether oxygens (including phenoxy) is 1. The van der Waals surface area contributed by atoms with E-state index in [2.05, 4.69) is 15.5 Å². The first kappa shape index (κ1) is 23.0. The highest BCUT2D eigenvalue weighted by molar-refractivity contribution is 6.07. The first-order valence-corrected chi connectivity index (χ1v) is 11.5. The fourth-order valence-corrected chi connectivity index (χ4v) is 4.68. The van der Waals surface area contributed by atoms with Gasteiger partial charge in [-0.3, -0.25) is 19.3 Å². The molecule has 33 heavy (non-hydrogen) atoms. The van der Waals surface area contributed by atoms with Crippen LogP contribution in [0.1, 0.15) is 32.1 Å². The average Bonchev–Trinajstić information content (AvgIpc) is 3.37. The van der Waals surface area contributed by atoms with Gasteiger partial charge in [0.25, 0.3) is 5.91 Å². The first-order valence-electron chi connectivity index (χ1n) is 11.5. The number of nitrogens with one attached hydrogen (secondary N) is 2. The molecular formula is C23H31N5O5. The summed E-state index contributed by atoms with van der Waals surface area (Å²) in [7, 11) is 1.54. The van der Waals surface area contributed by atoms with Crippen LogP contribution in [0.3, 0.4) is 0 Å². The van der Waals surface area contributed by atoms with Crippen molar-refractivity contribution in [3.63, 3.8) is 0 Å². The molecule has 1 aliphatic carbocycles. The summed E-state index contributed by atoms with van der Waals surface area (Å²) in [6.07, 6.45) is 3.09. The summed E-state index contributed by atoms with van der Waals surface area (Å²) < 4.78 is 5.36. The molecular weight excluding hydrogens is 426 g/mol. The van der Waals surface area contributed by atoms with Gasteiger partial charge in [-0.2, -0.15) is 0 Å². The number of anilines is 2. The minimum absolute atomic E-state index is 0.0141. The van der Waals surface area contributed by atoms with E-state index in [4.69, 9.17) is 4.74 Å². The quantitative estimate of drug-likeness (QED) is 0.595. The lowest BCUT2D eigenvalue weighted by Crippen LogP contribution is -2.44. The van der Waals surface area contributed by atoms with Crippen LogP contribution in [0.15, 0.2) is 24.3 Å². The van der Waals surface area contributed by atoms with E-state index in [1.165, 1.54) is 11.9 Å². The van der Waals surface area contributed by atoms with Crippen LogP contribution in [0.25, 0.3) is 0 Å². The smallest absolute Gasteiger partial charge is 0.325 e. The molecule has 4 rings (SSSR count). The number of benzene rings is 1. The van der Waals surface area contributed by atoms with Gasteiger partial charge in [-0.05, 0) is 37.1 Å². The maximum atomic E-state index is 12.7. The van der Waals surface area contributed by atoms with Gasteiger partial charge >= 0.3 is 6.03 Å². The van der Waals surface area contributed by atoms with Gasteiger partial charge in [0.1, 0.15) is 5.54 Å². The van der Waals surface area contributed by atoms with Gasteiger partial charge in [-0.25, -0.2) is 4.79 Å². The van der Waals surface area contributed by atoms with E-state index in [1.54, 1.807) is 0 Å².